The van der Waals surface area contributed by atoms with Crippen LogP contribution in [-0.4, -0.2) is 49.3 Å². The maximum atomic E-state index is 12.6. The summed E-state index contributed by atoms with van der Waals surface area (Å²) < 4.78 is 32.8. The second kappa shape index (κ2) is 45.2. The first-order chi connectivity index (χ1) is 28.8. The van der Waals surface area contributed by atoms with Gasteiger partial charge >= 0.3 is 19.8 Å². The van der Waals surface area contributed by atoms with Crippen LogP contribution in [0.25, 0.3) is 0 Å². The van der Waals surface area contributed by atoms with Gasteiger partial charge in [-0.2, -0.15) is 0 Å². The molecule has 0 fully saturated rings. The van der Waals surface area contributed by atoms with Crippen molar-refractivity contribution < 1.29 is 37.6 Å². The average molecular weight is 850 g/mol. The van der Waals surface area contributed by atoms with Gasteiger partial charge in [0.25, 0.3) is 0 Å². The van der Waals surface area contributed by atoms with Gasteiger partial charge in [-0.15, -0.1) is 0 Å². The van der Waals surface area contributed by atoms with Gasteiger partial charge in [0.15, 0.2) is 6.10 Å². The minimum absolute atomic E-state index is 0.0527. The van der Waals surface area contributed by atoms with Crippen molar-refractivity contribution in [2.75, 3.05) is 26.4 Å². The summed E-state index contributed by atoms with van der Waals surface area (Å²) in [4.78, 5) is 34.8. The molecule has 0 rings (SSSR count). The first-order valence-electron chi connectivity index (χ1n) is 23.8. The lowest BCUT2D eigenvalue weighted by Gasteiger charge is -2.19. The zero-order chi connectivity index (χ0) is 43.2. The quantitative estimate of drug-likeness (QED) is 0.0266. The van der Waals surface area contributed by atoms with Crippen LogP contribution in [0.1, 0.15) is 206 Å². The van der Waals surface area contributed by atoms with Gasteiger partial charge in [0.05, 0.1) is 13.2 Å². The molecule has 0 aromatic carbocycles. The van der Waals surface area contributed by atoms with Crippen molar-refractivity contribution in [1.82, 2.24) is 0 Å². The molecule has 10 heteroatoms. The Hall–Kier alpha value is -2.29. The van der Waals surface area contributed by atoms with Gasteiger partial charge in [0, 0.05) is 19.4 Å². The predicted molar refractivity (Wildman–Crippen MR) is 247 cm³/mol. The Labute approximate surface area is 361 Å². The van der Waals surface area contributed by atoms with Gasteiger partial charge in [-0.25, -0.2) is 4.57 Å². The van der Waals surface area contributed by atoms with Crippen LogP contribution in [0.2, 0.25) is 0 Å². The molecule has 0 radical (unpaired) electrons. The number of ether oxygens (including phenoxy) is 2. The number of carbonyl (C=O) groups excluding carboxylic acids is 2. The number of allylic oxidation sites excluding steroid dienone is 10. The van der Waals surface area contributed by atoms with Gasteiger partial charge in [-0.3, -0.25) is 18.6 Å². The summed E-state index contributed by atoms with van der Waals surface area (Å²) in [6, 6.07) is 0. The third kappa shape index (κ3) is 45.1. The molecule has 0 aliphatic heterocycles. The molecule has 2 atom stereocenters. The van der Waals surface area contributed by atoms with Crippen LogP contribution in [0.15, 0.2) is 60.8 Å². The summed E-state index contributed by atoms with van der Waals surface area (Å²) in [6.45, 7) is 3.60. The summed E-state index contributed by atoms with van der Waals surface area (Å²) in [6.07, 6.45) is 54.2. The number of phosphoric ester groups is 1. The van der Waals surface area contributed by atoms with Gasteiger partial charge in [0.2, 0.25) is 0 Å². The standard InChI is InChI=1S/C49H88NO8P/c1-3-5-7-9-11-13-14-15-16-17-18-19-20-21-22-23-24-25-26-27-28-29-30-31-32-34-36-38-40-42-49(52)58-47(46-57-59(53,54)56-44-43-50)45-55-48(51)41-39-37-35-33-12-10-8-6-4-2/h5,7,11,13,15-16,18-19,21-22,47H,3-4,6,8-10,12,14,17,20,23-46,50H2,1-2H3,(H,53,54)/b7-5-,13-11-,16-15-,19-18-,22-21-. The molecule has 0 aromatic rings. The largest absolute Gasteiger partial charge is 0.472 e. The molecule has 2 unspecified atom stereocenters. The summed E-state index contributed by atoms with van der Waals surface area (Å²) in [5.74, 6) is -0.831. The summed E-state index contributed by atoms with van der Waals surface area (Å²) in [5, 5.41) is 0. The van der Waals surface area contributed by atoms with Crippen molar-refractivity contribution in [3.63, 3.8) is 0 Å². The highest BCUT2D eigenvalue weighted by Crippen LogP contribution is 2.43. The molecule has 0 aliphatic carbocycles. The molecular formula is C49H88NO8P. The van der Waals surface area contributed by atoms with E-state index >= 15 is 0 Å². The average Bonchev–Trinajstić information content (AvgIpc) is 3.22. The highest BCUT2D eigenvalue weighted by Gasteiger charge is 2.26. The van der Waals surface area contributed by atoms with Crippen molar-refractivity contribution in [1.29, 1.82) is 0 Å². The molecule has 0 amide bonds. The monoisotopic (exact) mass is 850 g/mol. The fourth-order valence-corrected chi connectivity index (χ4v) is 7.19. The third-order valence-electron chi connectivity index (χ3n) is 9.92. The minimum atomic E-state index is -4.37. The highest BCUT2D eigenvalue weighted by atomic mass is 31.2. The summed E-state index contributed by atoms with van der Waals surface area (Å²) in [7, 11) is -4.37. The number of unbranched alkanes of at least 4 members (excludes halogenated alkanes) is 21. The molecule has 0 heterocycles. The smallest absolute Gasteiger partial charge is 0.462 e. The Kier molecular flexibility index (Phi) is 43.5. The lowest BCUT2D eigenvalue weighted by molar-refractivity contribution is -0.161. The number of rotatable bonds is 44. The van der Waals surface area contributed by atoms with Crippen molar-refractivity contribution in [2.24, 2.45) is 5.73 Å². The summed E-state index contributed by atoms with van der Waals surface area (Å²) in [5.41, 5.74) is 5.35. The molecule has 3 N–H and O–H groups in total. The third-order valence-corrected chi connectivity index (χ3v) is 10.9. The van der Waals surface area contributed by atoms with Crippen LogP contribution in [0.3, 0.4) is 0 Å². The van der Waals surface area contributed by atoms with Crippen molar-refractivity contribution in [2.45, 2.75) is 213 Å². The Bertz CT molecular complexity index is 1150. The van der Waals surface area contributed by atoms with E-state index < -0.39 is 26.5 Å². The van der Waals surface area contributed by atoms with Crippen LogP contribution in [0, 0.1) is 0 Å². The molecule has 342 valence electrons. The molecule has 0 saturated heterocycles. The number of nitrogens with two attached hydrogens (primary N) is 1. The number of esters is 2. The van der Waals surface area contributed by atoms with E-state index in [9.17, 15) is 19.0 Å². The van der Waals surface area contributed by atoms with E-state index in [4.69, 9.17) is 24.3 Å². The maximum Gasteiger partial charge on any atom is 0.472 e. The van der Waals surface area contributed by atoms with Crippen molar-refractivity contribution >= 4 is 19.8 Å². The fraction of sp³-hybridized carbons (Fsp3) is 0.755. The zero-order valence-corrected chi connectivity index (χ0v) is 38.6. The summed E-state index contributed by atoms with van der Waals surface area (Å²) >= 11 is 0. The Morgan fingerprint density at radius 3 is 1.39 bits per heavy atom. The number of carbonyl (C=O) groups is 2. The molecule has 0 aliphatic rings. The lowest BCUT2D eigenvalue weighted by Crippen LogP contribution is -2.29. The van der Waals surface area contributed by atoms with Gasteiger partial charge in [0.1, 0.15) is 6.61 Å². The first-order valence-corrected chi connectivity index (χ1v) is 25.3. The molecule has 59 heavy (non-hydrogen) atoms. The molecular weight excluding hydrogens is 762 g/mol. The van der Waals surface area contributed by atoms with E-state index in [1.165, 1.54) is 103 Å². The van der Waals surface area contributed by atoms with Gasteiger partial charge < -0.3 is 20.1 Å². The van der Waals surface area contributed by atoms with Crippen LogP contribution >= 0.6 is 7.82 Å². The van der Waals surface area contributed by atoms with Crippen molar-refractivity contribution in [3.8, 4) is 0 Å². The van der Waals surface area contributed by atoms with E-state index in [0.717, 1.165) is 70.6 Å². The molecule has 0 saturated carbocycles. The number of hydrogen-bond acceptors (Lipinski definition) is 8. The lowest BCUT2D eigenvalue weighted by atomic mass is 10.0. The van der Waals surface area contributed by atoms with E-state index in [1.807, 2.05) is 0 Å². The van der Waals surface area contributed by atoms with E-state index in [1.54, 1.807) is 0 Å². The predicted octanol–water partition coefficient (Wildman–Crippen LogP) is 14.1. The normalized spacial score (nSPS) is 13.8. The van der Waals surface area contributed by atoms with E-state index in [2.05, 4.69) is 74.6 Å². The Morgan fingerprint density at radius 1 is 0.525 bits per heavy atom. The van der Waals surface area contributed by atoms with Gasteiger partial charge in [-0.05, 0) is 57.8 Å². The number of hydrogen-bond donors (Lipinski definition) is 2. The first kappa shape index (κ1) is 56.7. The molecule has 0 bridgehead atoms. The van der Waals surface area contributed by atoms with Crippen LogP contribution in [0.5, 0.6) is 0 Å². The second-order valence-electron chi connectivity index (χ2n) is 15.6. The van der Waals surface area contributed by atoms with Crippen LogP contribution in [-0.2, 0) is 32.7 Å². The van der Waals surface area contributed by atoms with E-state index in [-0.39, 0.29) is 38.6 Å². The molecule has 9 nitrogen and oxygen atoms in total. The molecule has 0 spiro atoms. The maximum absolute atomic E-state index is 12.6. The van der Waals surface area contributed by atoms with Crippen molar-refractivity contribution in [3.05, 3.63) is 60.8 Å². The van der Waals surface area contributed by atoms with Gasteiger partial charge in [-0.1, -0.05) is 197 Å². The van der Waals surface area contributed by atoms with E-state index in [0.29, 0.717) is 6.42 Å². The number of phosphoric acid groups is 1. The Morgan fingerprint density at radius 2 is 0.932 bits per heavy atom. The second-order valence-corrected chi connectivity index (χ2v) is 17.1. The Balaban J connectivity index is 3.94. The topological polar surface area (TPSA) is 134 Å². The minimum Gasteiger partial charge on any atom is -0.462 e. The fourth-order valence-electron chi connectivity index (χ4n) is 6.43. The molecule has 0 aromatic heterocycles. The van der Waals surface area contributed by atoms with Crippen LogP contribution in [0.4, 0.5) is 0 Å². The van der Waals surface area contributed by atoms with Crippen LogP contribution < -0.4 is 5.73 Å². The zero-order valence-electron chi connectivity index (χ0n) is 37.7. The highest BCUT2D eigenvalue weighted by molar-refractivity contribution is 7.47. The SMILES string of the molecule is CC/C=C\C/C=C\C/C=C\C/C=C\C/C=C\CCCCCCCCCCCCCCCC(=O)OC(COC(=O)CCCCCCCCCCC)COP(=O)(O)OCCN.